The molecular weight excluding hydrogens is 334 g/mol. The van der Waals surface area contributed by atoms with E-state index in [1.165, 1.54) is 15.6 Å². The Balaban J connectivity index is 0.000000301. The highest BCUT2D eigenvalue weighted by molar-refractivity contribution is 7.17. The van der Waals surface area contributed by atoms with E-state index in [-0.39, 0.29) is 0 Å². The van der Waals surface area contributed by atoms with Gasteiger partial charge in [-0.15, -0.1) is 16.4 Å². The summed E-state index contributed by atoms with van der Waals surface area (Å²) in [5, 5.41) is 29.8. The maximum atomic E-state index is 9.10. The molecule has 0 atom stereocenters. The Morgan fingerprint density at radius 1 is 1.29 bits per heavy atom. The molecule has 0 aliphatic rings. The molecule has 2 heterocycles. The van der Waals surface area contributed by atoms with Gasteiger partial charge in [0.25, 0.3) is 0 Å². The molecule has 4 N–H and O–H groups in total. The minimum Gasteiger partial charge on any atom is -0.473 e. The van der Waals surface area contributed by atoms with Crippen molar-refractivity contribution in [3.05, 3.63) is 29.1 Å². The normalized spacial score (nSPS) is 10.2. The Morgan fingerprint density at radius 3 is 2.54 bits per heavy atom. The van der Waals surface area contributed by atoms with Crippen molar-refractivity contribution in [2.75, 3.05) is 6.54 Å². The number of tetrazole rings is 1. The number of carboxylic acid groups (broad SMARTS) is 2. The molecule has 0 saturated heterocycles. The van der Waals surface area contributed by atoms with Crippen molar-refractivity contribution in [1.82, 2.24) is 20.2 Å². The predicted octanol–water partition coefficient (Wildman–Crippen LogP) is 0.749. The van der Waals surface area contributed by atoms with Crippen molar-refractivity contribution in [2.45, 2.75) is 6.42 Å². The van der Waals surface area contributed by atoms with Crippen LogP contribution in [0, 0.1) is 0 Å². The molecule has 0 aliphatic carbocycles. The van der Waals surface area contributed by atoms with Crippen molar-refractivity contribution in [3.8, 4) is 11.4 Å². The number of thiophene rings is 1. The summed E-state index contributed by atoms with van der Waals surface area (Å²) in [6, 6.07) is 6.31. The molecule has 126 valence electrons. The Kier molecular flexibility index (Phi) is 5.55. The average Bonchev–Trinajstić information content (AvgIpc) is 3.14. The lowest BCUT2D eigenvalue weighted by Gasteiger charge is -2.01. The smallest absolute Gasteiger partial charge is 0.414 e. The van der Waals surface area contributed by atoms with Gasteiger partial charge in [0.2, 0.25) is 0 Å². The third-order valence-electron chi connectivity index (χ3n) is 3.13. The fourth-order valence-corrected chi connectivity index (χ4v) is 3.02. The highest BCUT2D eigenvalue weighted by Crippen LogP contribution is 2.30. The second-order valence-corrected chi connectivity index (χ2v) is 5.66. The highest BCUT2D eigenvalue weighted by atomic mass is 32.1. The number of rotatable bonds is 3. The van der Waals surface area contributed by atoms with Crippen LogP contribution in [0.2, 0.25) is 0 Å². The zero-order valence-electron chi connectivity index (χ0n) is 12.7. The molecule has 0 unspecified atom stereocenters. The van der Waals surface area contributed by atoms with Crippen LogP contribution in [0.15, 0.2) is 23.6 Å². The van der Waals surface area contributed by atoms with Gasteiger partial charge in [0.1, 0.15) is 0 Å². The second-order valence-electron chi connectivity index (χ2n) is 4.75. The summed E-state index contributed by atoms with van der Waals surface area (Å²) >= 11 is 1.75. The van der Waals surface area contributed by atoms with Crippen LogP contribution in [0.1, 0.15) is 5.56 Å². The summed E-state index contributed by atoms with van der Waals surface area (Å²) in [7, 11) is 1.84. The fraction of sp³-hybridized carbons (Fsp3) is 0.214. The molecule has 0 fully saturated rings. The number of carboxylic acids is 2. The molecule has 24 heavy (non-hydrogen) atoms. The number of carbonyl (C=O) groups is 2. The van der Waals surface area contributed by atoms with E-state index in [9.17, 15) is 0 Å². The van der Waals surface area contributed by atoms with Gasteiger partial charge in [-0.1, -0.05) is 0 Å². The Morgan fingerprint density at radius 2 is 2.00 bits per heavy atom. The van der Waals surface area contributed by atoms with Gasteiger partial charge in [-0.3, -0.25) is 0 Å². The molecule has 0 amide bonds. The quantitative estimate of drug-likeness (QED) is 0.587. The molecule has 2 aromatic heterocycles. The van der Waals surface area contributed by atoms with E-state index in [2.05, 4.69) is 39.1 Å². The Labute approximate surface area is 140 Å². The standard InChI is InChI=1S/C12H13N5S.C2H2O4/c1-17-12(14-15-16-17)8-2-3-11-10(6-8)9(4-5-13)7-18-11;3-1(4)2(5)6/h2-3,6-7H,4-5,13H2,1H3;(H,3,4)(H,5,6). The molecule has 1 aromatic carbocycles. The zero-order chi connectivity index (χ0) is 17.7. The van der Waals surface area contributed by atoms with Crippen molar-refractivity contribution >= 4 is 33.4 Å². The molecule has 3 aromatic rings. The van der Waals surface area contributed by atoms with Crippen LogP contribution >= 0.6 is 11.3 Å². The van der Waals surface area contributed by atoms with Gasteiger partial charge in [0.15, 0.2) is 5.82 Å². The summed E-state index contributed by atoms with van der Waals surface area (Å²) in [5.41, 5.74) is 7.97. The number of aromatic nitrogens is 4. The van der Waals surface area contributed by atoms with Gasteiger partial charge in [0.05, 0.1) is 0 Å². The van der Waals surface area contributed by atoms with E-state index in [0.29, 0.717) is 6.54 Å². The van der Waals surface area contributed by atoms with Crippen LogP contribution < -0.4 is 5.73 Å². The number of aryl methyl sites for hydroxylation is 1. The second kappa shape index (κ2) is 7.62. The number of hydrogen-bond acceptors (Lipinski definition) is 7. The van der Waals surface area contributed by atoms with Gasteiger partial charge in [-0.2, -0.15) is 0 Å². The number of nitrogens with two attached hydrogens (primary N) is 1. The van der Waals surface area contributed by atoms with Crippen LogP contribution in [0.5, 0.6) is 0 Å². The van der Waals surface area contributed by atoms with Crippen molar-refractivity contribution in [1.29, 1.82) is 0 Å². The SMILES string of the molecule is Cn1nnnc1-c1ccc2scc(CCN)c2c1.O=C(O)C(=O)O. The third kappa shape index (κ3) is 3.91. The monoisotopic (exact) mass is 349 g/mol. The first-order valence-corrected chi connectivity index (χ1v) is 7.71. The van der Waals surface area contributed by atoms with E-state index < -0.39 is 11.9 Å². The summed E-state index contributed by atoms with van der Waals surface area (Å²) in [6.07, 6.45) is 0.903. The molecule has 10 heteroatoms. The molecule has 3 rings (SSSR count). The van der Waals surface area contributed by atoms with Crippen molar-refractivity contribution < 1.29 is 19.8 Å². The van der Waals surface area contributed by atoms with Crippen LogP contribution in [0.25, 0.3) is 21.5 Å². The molecule has 0 bridgehead atoms. The molecule has 0 saturated carbocycles. The van der Waals surface area contributed by atoms with Crippen LogP contribution in [-0.4, -0.2) is 48.9 Å². The third-order valence-corrected chi connectivity index (χ3v) is 4.14. The summed E-state index contributed by atoms with van der Waals surface area (Å²) in [4.78, 5) is 18.2. The van der Waals surface area contributed by atoms with E-state index in [4.69, 9.17) is 25.5 Å². The summed E-state index contributed by atoms with van der Waals surface area (Å²) in [5.74, 6) is -2.87. The Hall–Kier alpha value is -2.85. The number of nitrogens with zero attached hydrogens (tertiary/aromatic N) is 4. The Bertz CT molecular complexity index is 861. The largest absolute Gasteiger partial charge is 0.473 e. The van der Waals surface area contributed by atoms with Gasteiger partial charge < -0.3 is 15.9 Å². The fourth-order valence-electron chi connectivity index (χ4n) is 2.04. The lowest BCUT2D eigenvalue weighted by Crippen LogP contribution is -2.09. The van der Waals surface area contributed by atoms with E-state index >= 15 is 0 Å². The van der Waals surface area contributed by atoms with Crippen molar-refractivity contribution in [3.63, 3.8) is 0 Å². The van der Waals surface area contributed by atoms with E-state index in [0.717, 1.165) is 17.8 Å². The van der Waals surface area contributed by atoms with Crippen LogP contribution in [0.4, 0.5) is 0 Å². The highest BCUT2D eigenvalue weighted by Gasteiger charge is 2.09. The first-order chi connectivity index (χ1) is 11.4. The number of fused-ring (bicyclic) bond motifs is 1. The van der Waals surface area contributed by atoms with Crippen LogP contribution in [-0.2, 0) is 23.1 Å². The molecule has 0 spiro atoms. The molecule has 0 radical (unpaired) electrons. The summed E-state index contributed by atoms with van der Waals surface area (Å²) in [6.45, 7) is 0.668. The molecule has 9 nitrogen and oxygen atoms in total. The first kappa shape index (κ1) is 17.5. The summed E-state index contributed by atoms with van der Waals surface area (Å²) < 4.78 is 2.95. The molecular formula is C14H15N5O4S. The van der Waals surface area contributed by atoms with Crippen LogP contribution in [0.3, 0.4) is 0 Å². The topological polar surface area (TPSA) is 144 Å². The zero-order valence-corrected chi connectivity index (χ0v) is 13.5. The predicted molar refractivity (Wildman–Crippen MR) is 87.6 cm³/mol. The minimum atomic E-state index is -1.82. The van der Waals surface area contributed by atoms with E-state index in [1.807, 2.05) is 7.05 Å². The number of benzene rings is 1. The maximum absolute atomic E-state index is 9.10. The van der Waals surface area contributed by atoms with Gasteiger partial charge in [0, 0.05) is 17.3 Å². The van der Waals surface area contributed by atoms with Gasteiger partial charge in [-0.25, -0.2) is 14.3 Å². The van der Waals surface area contributed by atoms with E-state index in [1.54, 1.807) is 16.0 Å². The lowest BCUT2D eigenvalue weighted by molar-refractivity contribution is -0.159. The maximum Gasteiger partial charge on any atom is 0.414 e. The minimum absolute atomic E-state index is 0.668. The van der Waals surface area contributed by atoms with Gasteiger partial charge in [-0.05, 0) is 57.9 Å². The number of hydrogen-bond donors (Lipinski definition) is 3. The van der Waals surface area contributed by atoms with Crippen molar-refractivity contribution in [2.24, 2.45) is 12.8 Å². The number of aliphatic carboxylic acids is 2. The van der Waals surface area contributed by atoms with Gasteiger partial charge >= 0.3 is 11.9 Å². The first-order valence-electron chi connectivity index (χ1n) is 6.83. The lowest BCUT2D eigenvalue weighted by atomic mass is 10.1. The molecule has 0 aliphatic heterocycles. The average molecular weight is 349 g/mol.